The van der Waals surface area contributed by atoms with Gasteiger partial charge in [0, 0.05) is 6.54 Å². The summed E-state index contributed by atoms with van der Waals surface area (Å²) in [7, 11) is 0. The van der Waals surface area contributed by atoms with Crippen molar-refractivity contribution in [3.8, 4) is 0 Å². The number of piperidine rings is 1. The first-order valence-electron chi connectivity index (χ1n) is 5.63. The molecule has 1 saturated heterocycles. The Hall–Kier alpha value is -1.14. The summed E-state index contributed by atoms with van der Waals surface area (Å²) >= 11 is 0. The number of alkyl halides is 3. The Labute approximate surface area is 102 Å². The molecule has 1 aliphatic heterocycles. The van der Waals surface area contributed by atoms with Gasteiger partial charge in [-0.3, -0.25) is 0 Å². The van der Waals surface area contributed by atoms with E-state index in [1.807, 2.05) is 0 Å². The van der Waals surface area contributed by atoms with Gasteiger partial charge in [0.1, 0.15) is 11.4 Å². The topological polar surface area (TPSA) is 32.3 Å². The minimum Gasteiger partial charge on any atom is -0.384 e. The summed E-state index contributed by atoms with van der Waals surface area (Å²) < 4.78 is 50.9. The van der Waals surface area contributed by atoms with Gasteiger partial charge >= 0.3 is 6.18 Å². The van der Waals surface area contributed by atoms with E-state index in [1.165, 1.54) is 6.07 Å². The molecule has 0 aliphatic carbocycles. The van der Waals surface area contributed by atoms with E-state index in [0.717, 1.165) is 12.6 Å². The van der Waals surface area contributed by atoms with Crippen LogP contribution in [0, 0.1) is 5.82 Å². The summed E-state index contributed by atoms with van der Waals surface area (Å²) in [6, 6.07) is 2.66. The fourth-order valence-corrected chi connectivity index (χ4v) is 2.17. The van der Waals surface area contributed by atoms with Crippen LogP contribution >= 0.6 is 0 Å². The molecule has 1 atom stereocenters. The lowest BCUT2D eigenvalue weighted by Gasteiger charge is -2.33. The lowest BCUT2D eigenvalue weighted by Crippen LogP contribution is -2.43. The molecule has 2 rings (SSSR count). The second-order valence-electron chi connectivity index (χ2n) is 4.50. The van der Waals surface area contributed by atoms with Crippen LogP contribution in [0.3, 0.4) is 0 Å². The summed E-state index contributed by atoms with van der Waals surface area (Å²) in [4.78, 5) is 0. The van der Waals surface area contributed by atoms with Crippen LogP contribution < -0.4 is 5.32 Å². The molecule has 0 aromatic heterocycles. The Morgan fingerprint density at radius 1 is 1.28 bits per heavy atom. The molecule has 1 fully saturated rings. The number of nitrogens with one attached hydrogen (secondary N) is 1. The Balaban J connectivity index is 2.40. The minimum atomic E-state index is -4.75. The number of β-amino-alcohol motifs (C(OH)–C–C–N with tert-alkyl or cyclic N) is 1. The third-order valence-corrected chi connectivity index (χ3v) is 3.17. The van der Waals surface area contributed by atoms with Crippen LogP contribution in [0.2, 0.25) is 0 Å². The highest BCUT2D eigenvalue weighted by atomic mass is 19.4. The van der Waals surface area contributed by atoms with E-state index < -0.39 is 23.2 Å². The van der Waals surface area contributed by atoms with Gasteiger partial charge in [-0.05, 0) is 37.1 Å². The van der Waals surface area contributed by atoms with Crippen LogP contribution in [-0.4, -0.2) is 18.2 Å². The highest BCUT2D eigenvalue weighted by Gasteiger charge is 2.37. The molecule has 0 saturated carbocycles. The van der Waals surface area contributed by atoms with E-state index in [2.05, 4.69) is 5.32 Å². The van der Waals surface area contributed by atoms with Gasteiger partial charge in [-0.15, -0.1) is 0 Å². The zero-order valence-electron chi connectivity index (χ0n) is 9.52. The molecule has 18 heavy (non-hydrogen) atoms. The van der Waals surface area contributed by atoms with Crippen LogP contribution in [0.1, 0.15) is 24.0 Å². The maximum atomic E-state index is 13.1. The average Bonchev–Trinajstić information content (AvgIpc) is 2.28. The van der Waals surface area contributed by atoms with Gasteiger partial charge < -0.3 is 10.4 Å². The molecule has 1 aromatic carbocycles. The summed E-state index contributed by atoms with van der Waals surface area (Å²) in [5, 5.41) is 13.2. The summed E-state index contributed by atoms with van der Waals surface area (Å²) in [5.41, 5.74) is -2.59. The monoisotopic (exact) mass is 263 g/mol. The number of halogens is 4. The van der Waals surface area contributed by atoms with Gasteiger partial charge in [0.15, 0.2) is 0 Å². The normalized spacial score (nSPS) is 25.2. The zero-order chi connectivity index (χ0) is 13.4. The van der Waals surface area contributed by atoms with Gasteiger partial charge in [0.25, 0.3) is 0 Å². The van der Waals surface area contributed by atoms with Crippen molar-refractivity contribution in [1.29, 1.82) is 0 Å². The Morgan fingerprint density at radius 3 is 2.56 bits per heavy atom. The minimum absolute atomic E-state index is 0.100. The van der Waals surface area contributed by atoms with Crippen molar-refractivity contribution in [3.05, 3.63) is 35.1 Å². The fraction of sp³-hybridized carbons (Fsp3) is 0.500. The van der Waals surface area contributed by atoms with Gasteiger partial charge in [0.2, 0.25) is 0 Å². The predicted octanol–water partition coefficient (Wildman–Crippen LogP) is 2.42. The van der Waals surface area contributed by atoms with E-state index in [-0.39, 0.29) is 12.1 Å². The van der Waals surface area contributed by atoms with Crippen LogP contribution in [0.25, 0.3) is 0 Å². The lowest BCUT2D eigenvalue weighted by molar-refractivity contribution is -0.140. The molecule has 1 unspecified atom stereocenters. The SMILES string of the molecule is OC1(c2ccc(F)c(C(F)(F)F)c2)CCCNC1. The quantitative estimate of drug-likeness (QED) is 0.763. The second-order valence-corrected chi connectivity index (χ2v) is 4.50. The highest BCUT2D eigenvalue weighted by molar-refractivity contribution is 5.32. The molecule has 1 heterocycles. The van der Waals surface area contributed by atoms with Crippen molar-refractivity contribution < 1.29 is 22.7 Å². The van der Waals surface area contributed by atoms with Crippen molar-refractivity contribution in [2.24, 2.45) is 0 Å². The molecule has 1 aliphatic rings. The molecule has 2 N–H and O–H groups in total. The first-order chi connectivity index (χ1) is 8.33. The van der Waals surface area contributed by atoms with Crippen molar-refractivity contribution in [2.45, 2.75) is 24.6 Å². The summed E-state index contributed by atoms with van der Waals surface area (Å²) in [6.45, 7) is 0.894. The highest BCUT2D eigenvalue weighted by Crippen LogP contribution is 2.35. The first kappa shape index (κ1) is 13.3. The molecule has 1 aromatic rings. The average molecular weight is 263 g/mol. The van der Waals surface area contributed by atoms with Crippen LogP contribution in [0.4, 0.5) is 17.6 Å². The van der Waals surface area contributed by atoms with Crippen molar-refractivity contribution in [1.82, 2.24) is 5.32 Å². The Morgan fingerprint density at radius 2 is 2.00 bits per heavy atom. The zero-order valence-corrected chi connectivity index (χ0v) is 9.52. The van der Waals surface area contributed by atoms with E-state index in [9.17, 15) is 22.7 Å². The molecule has 0 bridgehead atoms. The van der Waals surface area contributed by atoms with Gasteiger partial charge in [-0.1, -0.05) is 6.07 Å². The molecule has 0 radical (unpaired) electrons. The fourth-order valence-electron chi connectivity index (χ4n) is 2.17. The van der Waals surface area contributed by atoms with Gasteiger partial charge in [0.05, 0.1) is 5.56 Å². The van der Waals surface area contributed by atoms with E-state index in [0.29, 0.717) is 18.9 Å². The maximum absolute atomic E-state index is 13.1. The Bertz CT molecular complexity index is 438. The van der Waals surface area contributed by atoms with Gasteiger partial charge in [-0.2, -0.15) is 13.2 Å². The second kappa shape index (κ2) is 4.51. The number of hydrogen-bond donors (Lipinski definition) is 2. The van der Waals surface area contributed by atoms with Crippen LogP contribution in [-0.2, 0) is 11.8 Å². The third-order valence-electron chi connectivity index (χ3n) is 3.17. The van der Waals surface area contributed by atoms with E-state index >= 15 is 0 Å². The number of benzene rings is 1. The first-order valence-corrected chi connectivity index (χ1v) is 5.63. The molecule has 100 valence electrons. The lowest BCUT2D eigenvalue weighted by atomic mass is 9.86. The standard InChI is InChI=1S/C12H13F4NO/c13-10-3-2-8(6-9(10)12(14,15)16)11(18)4-1-5-17-7-11/h2-3,6,17-18H,1,4-5,7H2. The van der Waals surface area contributed by atoms with Crippen LogP contribution in [0.5, 0.6) is 0 Å². The molecule has 0 spiro atoms. The summed E-state index contributed by atoms with van der Waals surface area (Å²) in [5.74, 6) is -1.32. The van der Waals surface area contributed by atoms with Gasteiger partial charge in [-0.25, -0.2) is 4.39 Å². The molecule has 0 amide bonds. The van der Waals surface area contributed by atoms with Crippen molar-refractivity contribution in [3.63, 3.8) is 0 Å². The third kappa shape index (κ3) is 2.49. The molecular formula is C12H13F4NO. The smallest absolute Gasteiger partial charge is 0.384 e. The van der Waals surface area contributed by atoms with E-state index in [4.69, 9.17) is 0 Å². The molecular weight excluding hydrogens is 250 g/mol. The maximum Gasteiger partial charge on any atom is 0.419 e. The molecule has 6 heteroatoms. The number of rotatable bonds is 1. The number of hydrogen-bond acceptors (Lipinski definition) is 2. The predicted molar refractivity (Wildman–Crippen MR) is 57.4 cm³/mol. The van der Waals surface area contributed by atoms with Crippen molar-refractivity contribution >= 4 is 0 Å². The molecule has 2 nitrogen and oxygen atoms in total. The van der Waals surface area contributed by atoms with Crippen molar-refractivity contribution in [2.75, 3.05) is 13.1 Å². The largest absolute Gasteiger partial charge is 0.419 e. The Kier molecular flexibility index (Phi) is 3.33. The summed E-state index contributed by atoms with van der Waals surface area (Å²) in [6.07, 6.45) is -3.73. The van der Waals surface area contributed by atoms with E-state index in [1.54, 1.807) is 0 Å². The van der Waals surface area contributed by atoms with Crippen LogP contribution in [0.15, 0.2) is 18.2 Å². The number of aliphatic hydroxyl groups is 1.